The van der Waals surface area contributed by atoms with Gasteiger partial charge in [-0.05, 0) is 17.7 Å². The minimum Gasteiger partial charge on any atom is -0.467 e. The van der Waals surface area contributed by atoms with E-state index >= 15 is 0 Å². The Kier molecular flexibility index (Phi) is 5.25. The molecule has 0 saturated heterocycles. The van der Waals surface area contributed by atoms with Crippen molar-refractivity contribution in [3.05, 3.63) is 70.6 Å². The van der Waals surface area contributed by atoms with Crippen molar-refractivity contribution in [2.45, 2.75) is 6.61 Å². The van der Waals surface area contributed by atoms with Crippen LogP contribution in [0, 0.1) is 0 Å². The molecule has 0 bridgehead atoms. The highest BCUT2D eigenvalue weighted by Crippen LogP contribution is 2.31. The highest BCUT2D eigenvalue weighted by molar-refractivity contribution is 7.07. The molecule has 29 heavy (non-hydrogen) atoms. The second-order valence-electron chi connectivity index (χ2n) is 5.92. The number of rotatable bonds is 7. The first-order valence-electron chi connectivity index (χ1n) is 8.63. The van der Waals surface area contributed by atoms with E-state index in [-0.39, 0.29) is 22.9 Å². The summed E-state index contributed by atoms with van der Waals surface area (Å²) in [6.45, 7) is 0.357. The lowest BCUT2D eigenvalue weighted by Gasteiger charge is -2.09. The van der Waals surface area contributed by atoms with Gasteiger partial charge in [0.25, 0.3) is 0 Å². The zero-order chi connectivity index (χ0) is 20.2. The second kappa shape index (κ2) is 8.15. The summed E-state index contributed by atoms with van der Waals surface area (Å²) in [7, 11) is 2.99. The average molecular weight is 411 g/mol. The molecule has 0 spiro atoms. The molecular formula is C19H17N5O4S. The molecule has 0 amide bonds. The number of ether oxygens (including phenoxy) is 3. The van der Waals surface area contributed by atoms with E-state index in [9.17, 15) is 4.79 Å². The van der Waals surface area contributed by atoms with Crippen LogP contribution >= 0.6 is 11.5 Å². The molecule has 4 rings (SSSR count). The molecule has 0 saturated carbocycles. The maximum absolute atomic E-state index is 12.5. The summed E-state index contributed by atoms with van der Waals surface area (Å²) in [4.78, 5) is 16.7. The predicted octanol–water partition coefficient (Wildman–Crippen LogP) is 2.80. The van der Waals surface area contributed by atoms with Gasteiger partial charge in [-0.2, -0.15) is 0 Å². The number of hydrogen-bond donors (Lipinski definition) is 0. The summed E-state index contributed by atoms with van der Waals surface area (Å²) in [5.74, 6) is 0.409. The van der Waals surface area contributed by atoms with E-state index in [1.54, 1.807) is 31.3 Å². The lowest BCUT2D eigenvalue weighted by Crippen LogP contribution is -2.22. The molecule has 2 aromatic heterocycles. The number of benzene rings is 2. The van der Waals surface area contributed by atoms with Crippen LogP contribution in [0.3, 0.4) is 0 Å². The zero-order valence-electron chi connectivity index (χ0n) is 15.7. The van der Waals surface area contributed by atoms with Gasteiger partial charge in [0.2, 0.25) is 0 Å². The Bertz CT molecular complexity index is 1170. The molecule has 0 aliphatic carbocycles. The molecule has 2 aromatic carbocycles. The summed E-state index contributed by atoms with van der Waals surface area (Å²) < 4.78 is 23.4. The van der Waals surface area contributed by atoms with E-state index in [0.717, 1.165) is 17.1 Å². The third kappa shape index (κ3) is 3.97. The molecule has 0 aliphatic rings. The minimum atomic E-state index is -0.359. The highest BCUT2D eigenvalue weighted by Gasteiger charge is 2.18. The van der Waals surface area contributed by atoms with Crippen molar-refractivity contribution in [3.8, 4) is 28.7 Å². The predicted molar refractivity (Wildman–Crippen MR) is 106 cm³/mol. The molecule has 4 aromatic rings. The van der Waals surface area contributed by atoms with Crippen LogP contribution in [0.15, 0.2) is 59.4 Å². The lowest BCUT2D eigenvalue weighted by atomic mass is 10.2. The van der Waals surface area contributed by atoms with Crippen LogP contribution in [0.1, 0.15) is 5.56 Å². The van der Waals surface area contributed by atoms with Crippen molar-refractivity contribution >= 4 is 11.5 Å². The maximum Gasteiger partial charge on any atom is 0.353 e. The molecule has 2 heterocycles. The molecule has 10 heteroatoms. The Morgan fingerprint density at radius 3 is 2.62 bits per heavy atom. The van der Waals surface area contributed by atoms with Gasteiger partial charge in [0.05, 0.1) is 12.8 Å². The van der Waals surface area contributed by atoms with Crippen LogP contribution in [0.4, 0.5) is 0 Å². The first kappa shape index (κ1) is 18.7. The average Bonchev–Trinajstić information content (AvgIpc) is 3.31. The third-order valence-electron chi connectivity index (χ3n) is 3.98. The number of aryl methyl sites for hydroxylation is 1. The van der Waals surface area contributed by atoms with Crippen molar-refractivity contribution in [1.82, 2.24) is 23.7 Å². The standard InChI is InChI=1S/C19H17N5O4S/c1-23-19(25)24(17(21-23)26-2)14-10-6-7-11-15(14)28-18-20-16(22-29-18)27-12-13-8-4-3-5-9-13/h3-11H,12H2,1-2H3. The van der Waals surface area contributed by atoms with Crippen LogP contribution < -0.4 is 19.9 Å². The summed E-state index contributed by atoms with van der Waals surface area (Å²) in [5, 5.41) is 4.34. The molecule has 0 N–H and O–H groups in total. The van der Waals surface area contributed by atoms with Gasteiger partial charge in [-0.25, -0.2) is 14.0 Å². The van der Waals surface area contributed by atoms with E-state index in [0.29, 0.717) is 18.0 Å². The fraction of sp³-hybridized carbons (Fsp3) is 0.158. The van der Waals surface area contributed by atoms with Crippen LogP contribution in [-0.4, -0.2) is 30.8 Å². The fourth-order valence-electron chi connectivity index (χ4n) is 2.62. The third-order valence-corrected chi connectivity index (χ3v) is 4.56. The molecule has 148 valence electrons. The Morgan fingerprint density at radius 1 is 1.07 bits per heavy atom. The van der Waals surface area contributed by atoms with Crippen molar-refractivity contribution in [3.63, 3.8) is 0 Å². The monoisotopic (exact) mass is 411 g/mol. The van der Waals surface area contributed by atoms with Gasteiger partial charge in [0, 0.05) is 18.6 Å². The quantitative estimate of drug-likeness (QED) is 0.462. The minimum absolute atomic E-state index is 0.151. The van der Waals surface area contributed by atoms with E-state index in [2.05, 4.69) is 14.5 Å². The normalized spacial score (nSPS) is 10.7. The first-order chi connectivity index (χ1) is 14.2. The Balaban J connectivity index is 1.56. The molecule has 0 fully saturated rings. The molecule has 0 radical (unpaired) electrons. The smallest absolute Gasteiger partial charge is 0.353 e. The summed E-state index contributed by atoms with van der Waals surface area (Å²) >= 11 is 1.05. The Labute approximate surface area is 169 Å². The van der Waals surface area contributed by atoms with Gasteiger partial charge in [0.1, 0.15) is 6.61 Å². The van der Waals surface area contributed by atoms with Crippen LogP contribution in [0.2, 0.25) is 0 Å². The SMILES string of the molecule is COc1nn(C)c(=O)n1-c1ccccc1Oc1nc(OCc2ccccc2)ns1. The number of nitrogens with zero attached hydrogens (tertiary/aromatic N) is 5. The van der Waals surface area contributed by atoms with E-state index in [4.69, 9.17) is 14.2 Å². The highest BCUT2D eigenvalue weighted by atomic mass is 32.1. The zero-order valence-corrected chi connectivity index (χ0v) is 16.5. The van der Waals surface area contributed by atoms with Gasteiger partial charge in [-0.15, -0.1) is 14.5 Å². The van der Waals surface area contributed by atoms with Gasteiger partial charge in [-0.1, -0.05) is 42.5 Å². The summed E-state index contributed by atoms with van der Waals surface area (Å²) in [6, 6.07) is 17.1. The maximum atomic E-state index is 12.5. The number of methoxy groups -OCH3 is 1. The fourth-order valence-corrected chi connectivity index (χ4v) is 3.12. The van der Waals surface area contributed by atoms with Crippen molar-refractivity contribution in [2.24, 2.45) is 7.05 Å². The number of hydrogen-bond acceptors (Lipinski definition) is 8. The van der Waals surface area contributed by atoms with Crippen LogP contribution in [0.5, 0.6) is 23.0 Å². The van der Waals surface area contributed by atoms with E-state index in [1.165, 1.54) is 16.4 Å². The van der Waals surface area contributed by atoms with Crippen LogP contribution in [0.25, 0.3) is 5.69 Å². The van der Waals surface area contributed by atoms with E-state index < -0.39 is 0 Å². The largest absolute Gasteiger partial charge is 0.467 e. The number of aromatic nitrogens is 5. The first-order valence-corrected chi connectivity index (χ1v) is 9.41. The lowest BCUT2D eigenvalue weighted by molar-refractivity contribution is 0.282. The van der Waals surface area contributed by atoms with Crippen LogP contribution in [-0.2, 0) is 13.7 Å². The molecule has 0 unspecified atom stereocenters. The van der Waals surface area contributed by atoms with Crippen molar-refractivity contribution in [2.75, 3.05) is 7.11 Å². The van der Waals surface area contributed by atoms with E-state index in [1.807, 2.05) is 30.3 Å². The van der Waals surface area contributed by atoms with Crippen molar-refractivity contribution < 1.29 is 14.2 Å². The molecule has 0 atom stereocenters. The van der Waals surface area contributed by atoms with Gasteiger partial charge < -0.3 is 14.2 Å². The molecule has 0 aliphatic heterocycles. The van der Waals surface area contributed by atoms with Gasteiger partial charge in [0.15, 0.2) is 5.75 Å². The topological polar surface area (TPSA) is 93.3 Å². The summed E-state index contributed by atoms with van der Waals surface area (Å²) in [6.07, 6.45) is 0. The molecule has 9 nitrogen and oxygen atoms in total. The summed E-state index contributed by atoms with van der Waals surface area (Å²) in [5.41, 5.74) is 1.13. The van der Waals surface area contributed by atoms with Crippen molar-refractivity contribution in [1.29, 1.82) is 0 Å². The molecular weight excluding hydrogens is 394 g/mol. The number of para-hydroxylation sites is 2. The Morgan fingerprint density at radius 2 is 1.83 bits per heavy atom. The van der Waals surface area contributed by atoms with Gasteiger partial charge in [-0.3, -0.25) is 0 Å². The van der Waals surface area contributed by atoms with Gasteiger partial charge >= 0.3 is 22.9 Å². The second-order valence-corrected chi connectivity index (χ2v) is 6.63. The Hall–Kier alpha value is -3.66.